The van der Waals surface area contributed by atoms with Crippen molar-refractivity contribution in [3.63, 3.8) is 0 Å². The second-order valence-corrected chi connectivity index (χ2v) is 10.5. The van der Waals surface area contributed by atoms with E-state index in [0.29, 0.717) is 13.1 Å². The summed E-state index contributed by atoms with van der Waals surface area (Å²) in [6.45, 7) is 18.6. The molecule has 13 nitrogen and oxygen atoms in total. The van der Waals surface area contributed by atoms with Crippen molar-refractivity contribution >= 4 is 24.1 Å². The molecule has 0 bridgehead atoms. The summed E-state index contributed by atoms with van der Waals surface area (Å²) in [7, 11) is 1.27. The van der Waals surface area contributed by atoms with Crippen LogP contribution >= 0.6 is 0 Å². The number of hydrogen-bond donors (Lipinski definition) is 1. The van der Waals surface area contributed by atoms with Crippen molar-refractivity contribution in [3.05, 3.63) is 25.3 Å². The van der Waals surface area contributed by atoms with Gasteiger partial charge in [0.25, 0.3) is 0 Å². The molecular weight excluding hydrogens is 511 g/mol. The minimum atomic E-state index is -1.55. The summed E-state index contributed by atoms with van der Waals surface area (Å²) in [4.78, 5) is 49.6. The van der Waals surface area contributed by atoms with Crippen molar-refractivity contribution in [1.29, 1.82) is 0 Å². The van der Waals surface area contributed by atoms with Crippen LogP contribution in [0.15, 0.2) is 25.3 Å². The van der Waals surface area contributed by atoms with E-state index >= 15 is 0 Å². The van der Waals surface area contributed by atoms with Gasteiger partial charge in [0.1, 0.15) is 11.2 Å². The van der Waals surface area contributed by atoms with Gasteiger partial charge in [-0.2, -0.15) is 0 Å². The zero-order valence-corrected chi connectivity index (χ0v) is 24.3. The van der Waals surface area contributed by atoms with Crippen LogP contribution in [0.4, 0.5) is 9.59 Å². The van der Waals surface area contributed by atoms with Gasteiger partial charge < -0.3 is 44.1 Å². The zero-order valence-electron chi connectivity index (χ0n) is 24.3. The van der Waals surface area contributed by atoms with E-state index in [9.17, 15) is 19.2 Å². The van der Waals surface area contributed by atoms with Crippen LogP contribution in [0.1, 0.15) is 41.5 Å². The standard InChI is InChI=1S/C13H21NO5.C12H19NO5.Li.H2O/c1-6-13(10(15)17-5)9-14(7-8-18-13)11(16)19-12(2,3)4;1-5-12(9(14)15)8-13(6-7-17-12)10(16)18-11(2,3)4;;/h6H,1,7-9H2,2-5H3;5H,1,6-8H2,2-4H3,(H,14,15);;1H2/q;;+1;/p-1. The first-order valence-corrected chi connectivity index (χ1v) is 11.8. The molecule has 0 radical (unpaired) electrons. The molecule has 0 aliphatic carbocycles. The van der Waals surface area contributed by atoms with Gasteiger partial charge in [-0.15, -0.1) is 0 Å². The SMILES string of the molecule is C=CC1(C(=O)O)CN(C(=O)OC(C)(C)C)CCO1.C=CC1(C(=O)OC)CN(C(=O)OC(C)(C)C)CCO1.[Li+].[OH-]. The number of hydrogen-bond acceptors (Lipinski definition) is 10. The second-order valence-electron chi connectivity index (χ2n) is 10.5. The predicted octanol–water partition coefficient (Wildman–Crippen LogP) is -0.558. The first-order chi connectivity index (χ1) is 16.9. The molecule has 14 heteroatoms. The number of rotatable bonds is 4. The number of morpholine rings is 2. The molecule has 2 fully saturated rings. The van der Waals surface area contributed by atoms with Gasteiger partial charge in [-0.1, -0.05) is 13.2 Å². The molecule has 0 aromatic carbocycles. The molecule has 0 aromatic rings. The number of nitrogens with zero attached hydrogens (tertiary/aromatic N) is 2. The van der Waals surface area contributed by atoms with Crippen LogP contribution < -0.4 is 18.9 Å². The van der Waals surface area contributed by atoms with Crippen LogP contribution in [-0.4, -0.2) is 113 Å². The molecule has 218 valence electrons. The molecule has 2 rings (SSSR count). The minimum Gasteiger partial charge on any atom is -0.870 e. The monoisotopic (exact) mass is 552 g/mol. The fraction of sp³-hybridized carbons (Fsp3) is 0.680. The van der Waals surface area contributed by atoms with Gasteiger partial charge in [-0.25, -0.2) is 19.2 Å². The Balaban J connectivity index is 0. The molecule has 2 aliphatic heterocycles. The summed E-state index contributed by atoms with van der Waals surface area (Å²) in [5.41, 5.74) is -4.06. The number of esters is 1. The summed E-state index contributed by atoms with van der Waals surface area (Å²) in [5, 5.41) is 9.15. The number of ether oxygens (including phenoxy) is 5. The smallest absolute Gasteiger partial charge is 0.870 e. The molecule has 2 heterocycles. The topological polar surface area (TPSA) is 171 Å². The Hall–Kier alpha value is -2.56. The number of carbonyl (C=O) groups is 4. The Labute approximate surface area is 241 Å². The van der Waals surface area contributed by atoms with Crippen molar-refractivity contribution in [2.75, 3.05) is 46.5 Å². The Morgan fingerprint density at radius 1 is 0.821 bits per heavy atom. The zero-order chi connectivity index (χ0) is 28.7. The van der Waals surface area contributed by atoms with Gasteiger partial charge in [0, 0.05) is 13.1 Å². The minimum absolute atomic E-state index is 0. The summed E-state index contributed by atoms with van der Waals surface area (Å²) >= 11 is 0. The van der Waals surface area contributed by atoms with Crippen molar-refractivity contribution < 1.29 is 72.3 Å². The van der Waals surface area contributed by atoms with Crippen LogP contribution in [0, 0.1) is 0 Å². The molecule has 2 amide bonds. The van der Waals surface area contributed by atoms with Crippen molar-refractivity contribution in [2.45, 2.75) is 63.9 Å². The number of amides is 2. The molecule has 2 unspecified atom stereocenters. The normalized spacial score (nSPS) is 22.8. The van der Waals surface area contributed by atoms with E-state index in [2.05, 4.69) is 13.2 Å². The molecular formula is C25H41LiN2O11. The predicted molar refractivity (Wildman–Crippen MR) is 135 cm³/mol. The van der Waals surface area contributed by atoms with Gasteiger partial charge in [-0.3, -0.25) is 0 Å². The first-order valence-electron chi connectivity index (χ1n) is 11.8. The largest absolute Gasteiger partial charge is 1.00 e. The van der Waals surface area contributed by atoms with E-state index < -0.39 is 46.5 Å². The maximum atomic E-state index is 12.0. The number of methoxy groups -OCH3 is 1. The van der Waals surface area contributed by atoms with E-state index in [1.807, 2.05) is 0 Å². The average Bonchev–Trinajstić information content (AvgIpc) is 2.81. The summed E-state index contributed by atoms with van der Waals surface area (Å²) in [6.07, 6.45) is 1.53. The molecule has 0 saturated carbocycles. The summed E-state index contributed by atoms with van der Waals surface area (Å²) in [6, 6.07) is 0. The van der Waals surface area contributed by atoms with Crippen LogP contribution in [0.2, 0.25) is 0 Å². The third-order valence-corrected chi connectivity index (χ3v) is 5.15. The fourth-order valence-electron chi connectivity index (χ4n) is 3.30. The summed E-state index contributed by atoms with van der Waals surface area (Å²) < 4.78 is 25.8. The van der Waals surface area contributed by atoms with Gasteiger partial charge in [0.15, 0.2) is 0 Å². The van der Waals surface area contributed by atoms with Crippen molar-refractivity contribution in [3.8, 4) is 0 Å². The van der Waals surface area contributed by atoms with Gasteiger partial charge in [-0.05, 0) is 53.7 Å². The molecule has 0 aromatic heterocycles. The third-order valence-electron chi connectivity index (χ3n) is 5.15. The maximum Gasteiger partial charge on any atom is 1.00 e. The number of carbonyl (C=O) groups excluding carboxylic acids is 3. The molecule has 2 atom stereocenters. The fourth-order valence-corrected chi connectivity index (χ4v) is 3.30. The van der Waals surface area contributed by atoms with Gasteiger partial charge in [0.05, 0.1) is 33.4 Å². The van der Waals surface area contributed by atoms with Crippen molar-refractivity contribution in [2.24, 2.45) is 0 Å². The van der Waals surface area contributed by atoms with Crippen molar-refractivity contribution in [1.82, 2.24) is 9.80 Å². The number of carboxylic acid groups (broad SMARTS) is 1. The first kappa shape index (κ1) is 38.6. The van der Waals surface area contributed by atoms with E-state index in [4.69, 9.17) is 28.8 Å². The van der Waals surface area contributed by atoms with Gasteiger partial charge in [0.2, 0.25) is 11.2 Å². The molecule has 0 spiro atoms. The molecule has 2 aliphatic rings. The van der Waals surface area contributed by atoms with E-state index in [1.54, 1.807) is 41.5 Å². The Kier molecular flexibility index (Phi) is 15.1. The number of aliphatic carboxylic acids is 1. The van der Waals surface area contributed by atoms with Crippen LogP contribution in [0.5, 0.6) is 0 Å². The van der Waals surface area contributed by atoms with Crippen LogP contribution in [-0.2, 0) is 33.3 Å². The van der Waals surface area contributed by atoms with E-state index in [1.165, 1.54) is 29.1 Å². The Morgan fingerprint density at radius 2 is 1.18 bits per heavy atom. The summed E-state index contributed by atoms with van der Waals surface area (Å²) in [5.74, 6) is -1.73. The number of carboxylic acids is 1. The van der Waals surface area contributed by atoms with Crippen LogP contribution in [0.25, 0.3) is 0 Å². The molecule has 2 N–H and O–H groups in total. The van der Waals surface area contributed by atoms with E-state index in [0.717, 1.165) is 0 Å². The maximum absolute atomic E-state index is 12.0. The third kappa shape index (κ3) is 11.2. The molecule has 39 heavy (non-hydrogen) atoms. The van der Waals surface area contributed by atoms with Crippen LogP contribution in [0.3, 0.4) is 0 Å². The Morgan fingerprint density at radius 3 is 1.49 bits per heavy atom. The second kappa shape index (κ2) is 15.3. The Bertz CT molecular complexity index is 884. The van der Waals surface area contributed by atoms with Gasteiger partial charge >= 0.3 is 43.0 Å². The molecule has 2 saturated heterocycles. The quantitative estimate of drug-likeness (QED) is 0.205. The average molecular weight is 553 g/mol. The van der Waals surface area contributed by atoms with E-state index in [-0.39, 0.29) is 50.6 Å².